The van der Waals surface area contributed by atoms with E-state index in [0.29, 0.717) is 0 Å². The quantitative estimate of drug-likeness (QED) is 0.504. The predicted octanol–water partition coefficient (Wildman–Crippen LogP) is 0.0675. The van der Waals surface area contributed by atoms with E-state index in [1.54, 1.807) is 6.21 Å². The minimum Gasteiger partial charge on any atom is -0.351 e. The second-order valence-corrected chi connectivity index (χ2v) is 3.47. The second-order valence-electron chi connectivity index (χ2n) is 3.03. The lowest BCUT2D eigenvalue weighted by Crippen LogP contribution is -2.49. The molecule has 11 heavy (non-hydrogen) atoms. The van der Waals surface area contributed by atoms with Crippen molar-refractivity contribution in [3.63, 3.8) is 0 Å². The number of rotatable bonds is 0. The molecule has 1 saturated heterocycles. The zero-order chi connectivity index (χ0) is 7.73. The highest BCUT2D eigenvalue weighted by atomic mass is 32.1. The number of thiocarbonyl (C=S) groups is 1. The zero-order valence-electron chi connectivity index (χ0n) is 6.26. The third-order valence-electron chi connectivity index (χ3n) is 2.22. The number of hydrogen-bond acceptors (Lipinski definition) is 3. The van der Waals surface area contributed by atoms with Gasteiger partial charge in [0.1, 0.15) is 10.7 Å². The minimum absolute atomic E-state index is 0.0394. The summed E-state index contributed by atoms with van der Waals surface area (Å²) in [6, 6.07) is 0. The topological polar surface area (TPSA) is 36.4 Å². The lowest BCUT2D eigenvalue weighted by atomic mass is 10.00. The van der Waals surface area contributed by atoms with Crippen LogP contribution in [0.5, 0.6) is 0 Å². The molecule has 2 N–H and O–H groups in total. The molecule has 3 nitrogen and oxygen atoms in total. The molecule has 0 aromatic rings. The van der Waals surface area contributed by atoms with Crippen molar-refractivity contribution in [2.24, 2.45) is 4.99 Å². The van der Waals surface area contributed by atoms with Crippen molar-refractivity contribution < 1.29 is 0 Å². The van der Waals surface area contributed by atoms with Gasteiger partial charge in [0.2, 0.25) is 0 Å². The highest BCUT2D eigenvalue weighted by Gasteiger charge is 2.34. The van der Waals surface area contributed by atoms with Gasteiger partial charge in [0, 0.05) is 12.8 Å². The standard InChI is InChI=1S/C7H11N3S/c11-6-5-9-7(10-6)1-3-8-4-2-7/h5,8H,1-4H2,(H,10,11). The van der Waals surface area contributed by atoms with Gasteiger partial charge in [-0.1, -0.05) is 12.2 Å². The molecule has 0 aromatic heterocycles. The molecule has 2 rings (SSSR count). The van der Waals surface area contributed by atoms with E-state index in [4.69, 9.17) is 12.2 Å². The Hall–Kier alpha value is -0.480. The van der Waals surface area contributed by atoms with Crippen molar-refractivity contribution in [2.45, 2.75) is 18.5 Å². The normalized spacial score (nSPS) is 27.5. The zero-order valence-corrected chi connectivity index (χ0v) is 7.08. The van der Waals surface area contributed by atoms with Gasteiger partial charge in [-0.05, 0) is 13.1 Å². The smallest absolute Gasteiger partial charge is 0.132 e. The maximum Gasteiger partial charge on any atom is 0.132 e. The summed E-state index contributed by atoms with van der Waals surface area (Å²) in [6.45, 7) is 2.07. The summed E-state index contributed by atoms with van der Waals surface area (Å²) in [5, 5.41) is 6.53. The SMILES string of the molecule is S=C1C=NC2(CCNCC2)N1. The van der Waals surface area contributed by atoms with Crippen molar-refractivity contribution in [1.29, 1.82) is 0 Å². The van der Waals surface area contributed by atoms with E-state index in [1.807, 2.05) is 0 Å². The molecule has 0 unspecified atom stereocenters. The summed E-state index contributed by atoms with van der Waals surface area (Å²) >= 11 is 4.99. The summed E-state index contributed by atoms with van der Waals surface area (Å²) < 4.78 is 0. The van der Waals surface area contributed by atoms with Gasteiger partial charge in [0.25, 0.3) is 0 Å². The van der Waals surface area contributed by atoms with E-state index < -0.39 is 0 Å². The van der Waals surface area contributed by atoms with Crippen LogP contribution >= 0.6 is 12.2 Å². The number of hydrogen-bond donors (Lipinski definition) is 2. The summed E-state index contributed by atoms with van der Waals surface area (Å²) in [6.07, 6.45) is 3.86. The summed E-state index contributed by atoms with van der Waals surface area (Å²) in [5.74, 6) is 0. The van der Waals surface area contributed by atoms with E-state index in [1.165, 1.54) is 0 Å². The van der Waals surface area contributed by atoms with Crippen LogP contribution in [0.25, 0.3) is 0 Å². The number of nitrogens with one attached hydrogen (secondary N) is 2. The fourth-order valence-electron chi connectivity index (χ4n) is 1.57. The van der Waals surface area contributed by atoms with Crippen LogP contribution in [0, 0.1) is 0 Å². The molecule has 2 aliphatic rings. The monoisotopic (exact) mass is 169 g/mol. The minimum atomic E-state index is -0.0394. The summed E-state index contributed by atoms with van der Waals surface area (Å²) in [5.41, 5.74) is -0.0394. The molecule has 0 saturated carbocycles. The van der Waals surface area contributed by atoms with Gasteiger partial charge in [0.05, 0.1) is 6.21 Å². The molecule has 4 heteroatoms. The van der Waals surface area contributed by atoms with Crippen LogP contribution in [0.15, 0.2) is 4.99 Å². The van der Waals surface area contributed by atoms with Crippen molar-refractivity contribution in [3.8, 4) is 0 Å². The third-order valence-corrected chi connectivity index (χ3v) is 2.42. The average Bonchev–Trinajstić information content (AvgIpc) is 2.34. The van der Waals surface area contributed by atoms with Crippen LogP contribution in [0.1, 0.15) is 12.8 Å². The first-order chi connectivity index (χ1) is 5.31. The van der Waals surface area contributed by atoms with Crippen LogP contribution < -0.4 is 10.6 Å². The molecule has 60 valence electrons. The maximum atomic E-state index is 4.99. The van der Waals surface area contributed by atoms with Crippen molar-refractivity contribution in [2.75, 3.05) is 13.1 Å². The molecule has 2 heterocycles. The number of aliphatic imine (C=N–C) groups is 1. The Morgan fingerprint density at radius 2 is 2.18 bits per heavy atom. The van der Waals surface area contributed by atoms with Crippen LogP contribution in [0.3, 0.4) is 0 Å². The fourth-order valence-corrected chi connectivity index (χ4v) is 1.81. The summed E-state index contributed by atoms with van der Waals surface area (Å²) in [7, 11) is 0. The lowest BCUT2D eigenvalue weighted by molar-refractivity contribution is 0.301. The lowest BCUT2D eigenvalue weighted by Gasteiger charge is -2.31. The third kappa shape index (κ3) is 1.28. The molecule has 2 aliphatic heterocycles. The predicted molar refractivity (Wildman–Crippen MR) is 49.1 cm³/mol. The largest absolute Gasteiger partial charge is 0.351 e. The van der Waals surface area contributed by atoms with Crippen LogP contribution in [-0.2, 0) is 0 Å². The van der Waals surface area contributed by atoms with Crippen molar-refractivity contribution in [3.05, 3.63) is 0 Å². The number of nitrogens with zero attached hydrogens (tertiary/aromatic N) is 1. The van der Waals surface area contributed by atoms with Gasteiger partial charge in [-0.25, -0.2) is 0 Å². The molecular formula is C7H11N3S. The molecular weight excluding hydrogens is 158 g/mol. The van der Waals surface area contributed by atoms with E-state index in [0.717, 1.165) is 30.9 Å². The molecule has 1 spiro atoms. The Morgan fingerprint density at radius 3 is 2.73 bits per heavy atom. The van der Waals surface area contributed by atoms with Crippen LogP contribution in [0.4, 0.5) is 0 Å². The van der Waals surface area contributed by atoms with Gasteiger partial charge in [-0.15, -0.1) is 0 Å². The van der Waals surface area contributed by atoms with Gasteiger partial charge < -0.3 is 10.6 Å². The second kappa shape index (κ2) is 2.53. The van der Waals surface area contributed by atoms with Crippen LogP contribution in [0.2, 0.25) is 0 Å². The van der Waals surface area contributed by atoms with E-state index in [2.05, 4.69) is 15.6 Å². The first-order valence-corrected chi connectivity index (χ1v) is 4.30. The Balaban J connectivity index is 2.10. The average molecular weight is 169 g/mol. The van der Waals surface area contributed by atoms with E-state index >= 15 is 0 Å². The van der Waals surface area contributed by atoms with Crippen molar-refractivity contribution in [1.82, 2.24) is 10.6 Å². The van der Waals surface area contributed by atoms with Gasteiger partial charge in [-0.2, -0.15) is 0 Å². The summed E-state index contributed by atoms with van der Waals surface area (Å²) in [4.78, 5) is 5.17. The highest BCUT2D eigenvalue weighted by molar-refractivity contribution is 7.81. The highest BCUT2D eigenvalue weighted by Crippen LogP contribution is 2.22. The van der Waals surface area contributed by atoms with E-state index in [9.17, 15) is 0 Å². The molecule has 0 atom stereocenters. The Morgan fingerprint density at radius 1 is 1.45 bits per heavy atom. The van der Waals surface area contributed by atoms with Crippen LogP contribution in [-0.4, -0.2) is 30.0 Å². The molecule has 0 bridgehead atoms. The Bertz CT molecular complexity index is 206. The molecule has 0 aliphatic carbocycles. The first kappa shape index (κ1) is 7.18. The molecule has 1 fully saturated rings. The Labute approximate surface area is 71.3 Å². The molecule has 0 amide bonds. The maximum absolute atomic E-state index is 4.99. The first-order valence-electron chi connectivity index (χ1n) is 3.89. The fraction of sp³-hybridized carbons (Fsp3) is 0.714. The van der Waals surface area contributed by atoms with E-state index in [-0.39, 0.29) is 5.66 Å². The van der Waals surface area contributed by atoms with Gasteiger partial charge >= 0.3 is 0 Å². The van der Waals surface area contributed by atoms with Gasteiger partial charge in [-0.3, -0.25) is 4.99 Å². The van der Waals surface area contributed by atoms with Crippen molar-refractivity contribution >= 4 is 23.4 Å². The molecule has 0 aromatic carbocycles. The van der Waals surface area contributed by atoms with Gasteiger partial charge in [0.15, 0.2) is 0 Å². The molecule has 0 radical (unpaired) electrons. The Kier molecular flexibility index (Phi) is 1.65. The number of piperidine rings is 1.